The molecule has 28 heavy (non-hydrogen) atoms. The highest BCUT2D eigenvalue weighted by Crippen LogP contribution is 2.29. The van der Waals surface area contributed by atoms with Crippen molar-refractivity contribution in [3.05, 3.63) is 72.8 Å². The van der Waals surface area contributed by atoms with Crippen LogP contribution in [0.5, 0.6) is 11.5 Å². The molecular weight excluding hydrogens is 370 g/mol. The summed E-state index contributed by atoms with van der Waals surface area (Å²) in [4.78, 5) is 4.67. The second-order valence-electron chi connectivity index (χ2n) is 6.00. The maximum Gasteiger partial charge on any atom is 0.162 e. The van der Waals surface area contributed by atoms with E-state index < -0.39 is 0 Å². The summed E-state index contributed by atoms with van der Waals surface area (Å²) in [5, 5.41) is 3.23. The third-order valence-corrected chi connectivity index (χ3v) is 4.38. The molecule has 5 nitrogen and oxygen atoms in total. The normalized spacial score (nSPS) is 9.82. The number of aryl methyl sites for hydroxylation is 2. The molecule has 0 spiro atoms. The predicted molar refractivity (Wildman–Crippen MR) is 118 cm³/mol. The van der Waals surface area contributed by atoms with Crippen molar-refractivity contribution in [3.63, 3.8) is 0 Å². The van der Waals surface area contributed by atoms with Crippen molar-refractivity contribution in [1.82, 2.24) is 9.55 Å². The van der Waals surface area contributed by atoms with Crippen LogP contribution in [0, 0.1) is 0 Å². The van der Waals surface area contributed by atoms with Crippen LogP contribution in [-0.4, -0.2) is 28.8 Å². The van der Waals surface area contributed by atoms with Crippen molar-refractivity contribution >= 4 is 22.9 Å². The van der Waals surface area contributed by atoms with Gasteiger partial charge in [0.1, 0.15) is 0 Å². The number of ether oxygens (including phenoxy) is 2. The number of nitrogens with one attached hydrogen (secondary N) is 1. The number of hydrogen-bond acceptors (Lipinski definition) is 4. The zero-order valence-corrected chi connectivity index (χ0v) is 17.4. The quantitative estimate of drug-likeness (QED) is 0.570. The monoisotopic (exact) mass is 397 g/mol. The minimum atomic E-state index is 0.688. The Bertz CT molecular complexity index is 836. The molecule has 0 aliphatic rings. The van der Waals surface area contributed by atoms with Crippen molar-refractivity contribution in [2.45, 2.75) is 26.3 Å². The molecule has 0 unspecified atom stereocenters. The van der Waals surface area contributed by atoms with Gasteiger partial charge in [-0.1, -0.05) is 42.5 Å². The number of hydrogen-bond donors (Lipinski definition) is 1. The summed E-state index contributed by atoms with van der Waals surface area (Å²) in [6.07, 6.45) is 7.27. The first-order chi connectivity index (χ1) is 13.7. The van der Waals surface area contributed by atoms with Crippen molar-refractivity contribution in [2.75, 3.05) is 19.5 Å². The van der Waals surface area contributed by atoms with Gasteiger partial charge in [0, 0.05) is 37.1 Å². The van der Waals surface area contributed by atoms with Gasteiger partial charge < -0.3 is 19.4 Å². The van der Waals surface area contributed by atoms with Gasteiger partial charge in [-0.25, -0.2) is 4.98 Å². The van der Waals surface area contributed by atoms with Crippen LogP contribution in [0.3, 0.4) is 0 Å². The third-order valence-electron chi connectivity index (χ3n) is 4.08. The molecule has 0 atom stereocenters. The Hall–Kier alpha value is -2.86. The van der Waals surface area contributed by atoms with Gasteiger partial charge >= 0.3 is 0 Å². The van der Waals surface area contributed by atoms with E-state index in [2.05, 4.69) is 29.4 Å². The third kappa shape index (κ3) is 7.04. The van der Waals surface area contributed by atoms with Crippen LogP contribution in [0.4, 0.5) is 5.69 Å². The molecule has 0 bridgehead atoms. The minimum absolute atomic E-state index is 0.688. The molecule has 0 aliphatic heterocycles. The molecular formula is C22H27N3O2S. The van der Waals surface area contributed by atoms with Gasteiger partial charge in [0.2, 0.25) is 0 Å². The van der Waals surface area contributed by atoms with E-state index in [1.165, 1.54) is 5.56 Å². The number of aromatic nitrogens is 2. The summed E-state index contributed by atoms with van der Waals surface area (Å²) >= 11 is 5.39. The zero-order chi connectivity index (χ0) is 20.2. The number of thiocarbonyl (C=S) groups is 1. The molecule has 0 saturated heterocycles. The Labute approximate surface area is 172 Å². The van der Waals surface area contributed by atoms with E-state index in [0.717, 1.165) is 30.1 Å². The number of imidazole rings is 1. The molecule has 0 amide bonds. The SMILES string of the molecule is CCn1ccnc1.COc1ccc(NC(=S)CCc2ccccc2)cc1OC. The van der Waals surface area contributed by atoms with Crippen molar-refractivity contribution < 1.29 is 9.47 Å². The Morgan fingerprint density at radius 2 is 1.82 bits per heavy atom. The maximum absolute atomic E-state index is 5.39. The molecule has 0 radical (unpaired) electrons. The Morgan fingerprint density at radius 3 is 2.39 bits per heavy atom. The lowest BCUT2D eigenvalue weighted by Crippen LogP contribution is -2.10. The number of nitrogens with zero attached hydrogens (tertiary/aromatic N) is 2. The number of benzene rings is 2. The van der Waals surface area contributed by atoms with Gasteiger partial charge in [-0.05, 0) is 31.0 Å². The Balaban J connectivity index is 0.000000336. The number of methoxy groups -OCH3 is 2. The largest absolute Gasteiger partial charge is 0.493 e. The molecule has 1 heterocycles. The molecule has 0 aliphatic carbocycles. The molecule has 148 valence electrons. The Kier molecular flexibility index (Phi) is 9.01. The van der Waals surface area contributed by atoms with Crippen LogP contribution < -0.4 is 14.8 Å². The van der Waals surface area contributed by atoms with Crippen molar-refractivity contribution in [2.24, 2.45) is 0 Å². The van der Waals surface area contributed by atoms with Crippen LogP contribution >= 0.6 is 12.2 Å². The summed E-state index contributed by atoms with van der Waals surface area (Å²) in [6.45, 7) is 3.10. The first kappa shape index (κ1) is 21.4. The fraction of sp³-hybridized carbons (Fsp3) is 0.273. The highest BCUT2D eigenvalue weighted by atomic mass is 32.1. The molecule has 6 heteroatoms. The molecule has 0 saturated carbocycles. The molecule has 3 rings (SSSR count). The first-order valence-corrected chi connectivity index (χ1v) is 9.58. The maximum atomic E-state index is 5.39. The van der Waals surface area contributed by atoms with Gasteiger partial charge in [-0.3, -0.25) is 0 Å². The highest BCUT2D eigenvalue weighted by Gasteiger charge is 2.06. The second kappa shape index (κ2) is 11.8. The fourth-order valence-electron chi connectivity index (χ4n) is 2.51. The fourth-order valence-corrected chi connectivity index (χ4v) is 2.73. The molecule has 1 aromatic heterocycles. The van der Waals surface area contributed by atoms with E-state index in [4.69, 9.17) is 21.7 Å². The summed E-state index contributed by atoms with van der Waals surface area (Å²) in [5.41, 5.74) is 2.19. The summed E-state index contributed by atoms with van der Waals surface area (Å²) in [7, 11) is 3.24. The van der Waals surface area contributed by atoms with Gasteiger partial charge in [0.25, 0.3) is 0 Å². The predicted octanol–water partition coefficient (Wildman–Crippen LogP) is 4.98. The smallest absolute Gasteiger partial charge is 0.162 e. The van der Waals surface area contributed by atoms with E-state index in [9.17, 15) is 0 Å². The summed E-state index contributed by atoms with van der Waals surface area (Å²) in [6, 6.07) is 16.0. The Morgan fingerprint density at radius 1 is 1.07 bits per heavy atom. The van der Waals surface area contributed by atoms with Crippen LogP contribution in [0.15, 0.2) is 67.3 Å². The topological polar surface area (TPSA) is 48.3 Å². The van der Waals surface area contributed by atoms with Crippen LogP contribution in [0.1, 0.15) is 18.9 Å². The number of rotatable bonds is 7. The lowest BCUT2D eigenvalue weighted by Gasteiger charge is -2.12. The van der Waals surface area contributed by atoms with Crippen LogP contribution in [0.2, 0.25) is 0 Å². The average Bonchev–Trinajstić information content (AvgIpc) is 3.27. The molecule has 3 aromatic rings. The van der Waals surface area contributed by atoms with Crippen molar-refractivity contribution in [3.8, 4) is 11.5 Å². The van der Waals surface area contributed by atoms with E-state index in [1.54, 1.807) is 26.7 Å². The molecule has 1 N–H and O–H groups in total. The summed E-state index contributed by atoms with van der Waals surface area (Å²) < 4.78 is 12.5. The number of anilines is 1. The minimum Gasteiger partial charge on any atom is -0.493 e. The lowest BCUT2D eigenvalue weighted by molar-refractivity contribution is 0.355. The van der Waals surface area contributed by atoms with E-state index in [1.807, 2.05) is 47.2 Å². The van der Waals surface area contributed by atoms with Crippen LogP contribution in [-0.2, 0) is 13.0 Å². The van der Waals surface area contributed by atoms with E-state index in [-0.39, 0.29) is 0 Å². The average molecular weight is 398 g/mol. The lowest BCUT2D eigenvalue weighted by atomic mass is 10.1. The molecule has 2 aromatic carbocycles. The van der Waals surface area contributed by atoms with Gasteiger partial charge in [0.05, 0.1) is 25.5 Å². The van der Waals surface area contributed by atoms with Gasteiger partial charge in [-0.15, -0.1) is 0 Å². The first-order valence-electron chi connectivity index (χ1n) is 9.17. The van der Waals surface area contributed by atoms with Gasteiger partial charge in [0.15, 0.2) is 11.5 Å². The van der Waals surface area contributed by atoms with Crippen LogP contribution in [0.25, 0.3) is 0 Å². The summed E-state index contributed by atoms with van der Waals surface area (Å²) in [5.74, 6) is 1.40. The van der Waals surface area contributed by atoms with E-state index >= 15 is 0 Å². The van der Waals surface area contributed by atoms with E-state index in [0.29, 0.717) is 11.5 Å². The van der Waals surface area contributed by atoms with Gasteiger partial charge in [-0.2, -0.15) is 0 Å². The standard InChI is InChI=1S/C17H19NO2S.C5H8N2/c1-19-15-10-9-14(12-16(15)20-2)18-17(21)11-8-13-6-4-3-5-7-13;1-2-7-4-3-6-5-7/h3-7,9-10,12H,8,11H2,1-2H3,(H,18,21);3-5H,2H2,1H3. The second-order valence-corrected chi connectivity index (χ2v) is 6.49. The zero-order valence-electron chi connectivity index (χ0n) is 16.6. The van der Waals surface area contributed by atoms with Crippen molar-refractivity contribution in [1.29, 1.82) is 0 Å². The highest BCUT2D eigenvalue weighted by molar-refractivity contribution is 7.80. The molecule has 0 fully saturated rings.